The summed E-state index contributed by atoms with van der Waals surface area (Å²) in [6, 6.07) is 0. The van der Waals surface area contributed by atoms with Crippen LogP contribution < -0.4 is 5.73 Å². The Hall–Kier alpha value is -1.76. The number of hydrogen-bond donors (Lipinski definition) is 1. The molecule has 0 amide bonds. The summed E-state index contributed by atoms with van der Waals surface area (Å²) in [6.45, 7) is 17.5. The van der Waals surface area contributed by atoms with Crippen molar-refractivity contribution in [2.24, 2.45) is 11.7 Å². The van der Waals surface area contributed by atoms with E-state index in [1.54, 1.807) is 6.08 Å². The summed E-state index contributed by atoms with van der Waals surface area (Å²) in [5.74, 6) is 0.267. The van der Waals surface area contributed by atoms with Gasteiger partial charge in [0.1, 0.15) is 0 Å². The Bertz CT molecular complexity index is 405. The van der Waals surface area contributed by atoms with E-state index >= 15 is 0 Å². The molecule has 0 bridgehead atoms. The van der Waals surface area contributed by atoms with Crippen LogP contribution in [-0.4, -0.2) is 0 Å². The Morgan fingerprint density at radius 3 is 2.27 bits per heavy atom. The maximum absolute atomic E-state index is 5.58. The van der Waals surface area contributed by atoms with Gasteiger partial charge in [0.15, 0.2) is 0 Å². The van der Waals surface area contributed by atoms with Crippen molar-refractivity contribution in [3.63, 3.8) is 0 Å². The van der Waals surface area contributed by atoms with Gasteiger partial charge in [-0.25, -0.2) is 0 Å². The topological polar surface area (TPSA) is 26.0 Å². The second-order valence-electron chi connectivity index (χ2n) is 3.71. The Balaban J connectivity index is 3.22. The summed E-state index contributed by atoms with van der Waals surface area (Å²) in [4.78, 5) is 0. The average molecular weight is 199 g/mol. The Morgan fingerprint density at radius 2 is 1.80 bits per heavy atom. The summed E-state index contributed by atoms with van der Waals surface area (Å²) < 4.78 is 0. The molecule has 1 aliphatic carbocycles. The van der Waals surface area contributed by atoms with Gasteiger partial charge in [0, 0.05) is 11.6 Å². The van der Waals surface area contributed by atoms with Crippen LogP contribution in [0.5, 0.6) is 0 Å². The normalized spacial score (nSPS) is 26.3. The van der Waals surface area contributed by atoms with Crippen LogP contribution in [0.2, 0.25) is 0 Å². The Kier molecular flexibility index (Phi) is 3.15. The third-order valence-corrected chi connectivity index (χ3v) is 2.63. The average Bonchev–Trinajstić information content (AvgIpc) is 2.35. The number of nitrogens with two attached hydrogens (primary N) is 1. The first kappa shape index (κ1) is 11.3. The zero-order valence-electron chi connectivity index (χ0n) is 9.22. The van der Waals surface area contributed by atoms with E-state index in [1.165, 1.54) is 0 Å². The van der Waals surface area contributed by atoms with E-state index in [0.29, 0.717) is 5.70 Å². The van der Waals surface area contributed by atoms with Gasteiger partial charge in [-0.3, -0.25) is 0 Å². The van der Waals surface area contributed by atoms with Crippen LogP contribution >= 0.6 is 0 Å². The monoisotopic (exact) mass is 199 g/mol. The highest BCUT2D eigenvalue weighted by molar-refractivity contribution is 5.65. The van der Waals surface area contributed by atoms with Gasteiger partial charge in [0.2, 0.25) is 0 Å². The van der Waals surface area contributed by atoms with Crippen molar-refractivity contribution in [3.05, 3.63) is 72.5 Å². The predicted octanol–water partition coefficient (Wildman–Crippen LogP) is 3.26. The highest BCUT2D eigenvalue weighted by atomic mass is 14.5. The Labute approximate surface area is 91.7 Å². The molecule has 1 nitrogen and oxygen atoms in total. The molecule has 1 saturated carbocycles. The fourth-order valence-corrected chi connectivity index (χ4v) is 1.82. The quantitative estimate of drug-likeness (QED) is 0.725. The van der Waals surface area contributed by atoms with Crippen LogP contribution in [0.15, 0.2) is 72.5 Å². The van der Waals surface area contributed by atoms with E-state index in [4.69, 9.17) is 5.73 Å². The van der Waals surface area contributed by atoms with Gasteiger partial charge < -0.3 is 5.73 Å². The van der Waals surface area contributed by atoms with E-state index in [9.17, 15) is 0 Å². The maximum Gasteiger partial charge on any atom is 0.0244 e. The Morgan fingerprint density at radius 1 is 1.27 bits per heavy atom. The van der Waals surface area contributed by atoms with Crippen LogP contribution in [0.25, 0.3) is 0 Å². The van der Waals surface area contributed by atoms with E-state index < -0.39 is 0 Å². The van der Waals surface area contributed by atoms with E-state index in [-0.39, 0.29) is 5.92 Å². The van der Waals surface area contributed by atoms with Crippen LogP contribution in [-0.2, 0) is 0 Å². The second-order valence-corrected chi connectivity index (χ2v) is 3.71. The molecule has 1 atom stereocenters. The fourth-order valence-electron chi connectivity index (χ4n) is 1.82. The molecule has 0 heterocycles. The minimum Gasteiger partial charge on any atom is -0.399 e. The molecule has 1 rings (SSSR count). The zero-order valence-corrected chi connectivity index (χ0v) is 9.22. The van der Waals surface area contributed by atoms with Crippen LogP contribution in [0.1, 0.15) is 6.92 Å². The molecule has 15 heavy (non-hydrogen) atoms. The first-order chi connectivity index (χ1) is 6.99. The van der Waals surface area contributed by atoms with E-state index in [1.807, 2.05) is 12.2 Å². The third kappa shape index (κ3) is 2.01. The van der Waals surface area contributed by atoms with Gasteiger partial charge in [-0.2, -0.15) is 0 Å². The first-order valence-corrected chi connectivity index (χ1v) is 4.86. The smallest absolute Gasteiger partial charge is 0.0244 e. The molecule has 0 radical (unpaired) electrons. The van der Waals surface area contributed by atoms with Crippen molar-refractivity contribution in [2.45, 2.75) is 6.92 Å². The lowest BCUT2D eigenvalue weighted by atomic mass is 9.99. The summed E-state index contributed by atoms with van der Waals surface area (Å²) in [5, 5.41) is 0. The van der Waals surface area contributed by atoms with Crippen LogP contribution in [0, 0.1) is 5.92 Å². The van der Waals surface area contributed by atoms with Gasteiger partial charge in [-0.1, -0.05) is 45.4 Å². The highest BCUT2D eigenvalue weighted by Gasteiger charge is 2.27. The largest absolute Gasteiger partial charge is 0.399 e. The van der Waals surface area contributed by atoms with Crippen molar-refractivity contribution in [2.75, 3.05) is 0 Å². The first-order valence-electron chi connectivity index (χ1n) is 4.86. The summed E-state index contributed by atoms with van der Waals surface area (Å²) >= 11 is 0. The molecule has 0 aromatic heterocycles. The van der Waals surface area contributed by atoms with Crippen molar-refractivity contribution >= 4 is 0 Å². The van der Waals surface area contributed by atoms with Crippen molar-refractivity contribution in [3.8, 4) is 0 Å². The maximum atomic E-state index is 5.58. The molecule has 78 valence electrons. The lowest BCUT2D eigenvalue weighted by Crippen LogP contribution is -1.97. The molecule has 0 aromatic rings. The minimum atomic E-state index is 0.267. The zero-order chi connectivity index (χ0) is 11.6. The van der Waals surface area contributed by atoms with E-state index in [2.05, 4.69) is 33.2 Å². The molecule has 0 spiro atoms. The lowest BCUT2D eigenvalue weighted by Gasteiger charge is -2.06. The molecule has 1 unspecified atom stereocenters. The molecule has 1 aliphatic rings. The number of rotatable bonds is 2. The third-order valence-electron chi connectivity index (χ3n) is 2.63. The number of hydrogen-bond acceptors (Lipinski definition) is 1. The highest BCUT2D eigenvalue weighted by Crippen LogP contribution is 2.42. The summed E-state index contributed by atoms with van der Waals surface area (Å²) in [5.41, 5.74) is 10.3. The molecule has 1 heteroatoms. The number of allylic oxidation sites excluding steroid dienone is 7. The summed E-state index contributed by atoms with van der Waals surface area (Å²) in [6.07, 6.45) is 5.60. The van der Waals surface area contributed by atoms with Gasteiger partial charge in [0.25, 0.3) is 0 Å². The lowest BCUT2D eigenvalue weighted by molar-refractivity contribution is 0.875. The van der Waals surface area contributed by atoms with Crippen LogP contribution in [0.3, 0.4) is 0 Å². The molecule has 0 saturated heterocycles. The standard InChI is InChI=1S/C14H17N/c1-6-7-13-10(3)11(4)14(12(13)5)8-9(2)15/h6-8,12H,1-4,15H2,5H3/b13-7+,14-8+. The molecule has 0 aromatic carbocycles. The molecular weight excluding hydrogens is 182 g/mol. The van der Waals surface area contributed by atoms with Gasteiger partial charge in [-0.15, -0.1) is 0 Å². The second kappa shape index (κ2) is 4.18. The van der Waals surface area contributed by atoms with Crippen molar-refractivity contribution < 1.29 is 0 Å². The van der Waals surface area contributed by atoms with Crippen molar-refractivity contribution in [1.82, 2.24) is 0 Å². The van der Waals surface area contributed by atoms with Gasteiger partial charge >= 0.3 is 0 Å². The molecule has 1 fully saturated rings. The molecule has 0 aliphatic heterocycles. The van der Waals surface area contributed by atoms with Crippen molar-refractivity contribution in [1.29, 1.82) is 0 Å². The van der Waals surface area contributed by atoms with Gasteiger partial charge in [-0.05, 0) is 28.4 Å². The predicted molar refractivity (Wildman–Crippen MR) is 67.1 cm³/mol. The van der Waals surface area contributed by atoms with Gasteiger partial charge in [0.05, 0.1) is 0 Å². The van der Waals surface area contributed by atoms with Crippen LogP contribution in [0.4, 0.5) is 0 Å². The fraction of sp³-hybridized carbons (Fsp3) is 0.143. The summed E-state index contributed by atoms with van der Waals surface area (Å²) in [7, 11) is 0. The minimum absolute atomic E-state index is 0.267. The molecular formula is C14H17N. The SMILES string of the molecule is C=C/C=C1\C(=C)C(=C)/C(=C\C(=C)N)C1C. The molecule has 2 N–H and O–H groups in total. The van der Waals surface area contributed by atoms with E-state index in [0.717, 1.165) is 22.3 Å².